The van der Waals surface area contributed by atoms with E-state index in [1.54, 1.807) is 12.4 Å². The van der Waals surface area contributed by atoms with E-state index in [2.05, 4.69) is 20.2 Å². The smallest absolute Gasteiger partial charge is 0.260 e. The second-order valence-electron chi connectivity index (χ2n) is 6.84. The Kier molecular flexibility index (Phi) is 4.67. The molecule has 0 aliphatic carbocycles. The molecule has 0 aromatic carbocycles. The van der Waals surface area contributed by atoms with Crippen LogP contribution < -0.4 is 21.7 Å². The van der Waals surface area contributed by atoms with Crippen molar-refractivity contribution in [1.82, 2.24) is 9.97 Å². The average molecular weight is 382 g/mol. The van der Waals surface area contributed by atoms with Gasteiger partial charge in [0, 0.05) is 31.0 Å². The van der Waals surface area contributed by atoms with Gasteiger partial charge in [-0.2, -0.15) is 0 Å². The monoisotopic (exact) mass is 382 g/mol. The Morgan fingerprint density at radius 3 is 3.04 bits per heavy atom. The highest BCUT2D eigenvalue weighted by molar-refractivity contribution is 7.23. The maximum atomic E-state index is 13.0. The zero-order valence-corrected chi connectivity index (χ0v) is 15.9. The highest BCUT2D eigenvalue weighted by Crippen LogP contribution is 2.34. The molecule has 7 nitrogen and oxygen atoms in total. The fraction of sp³-hybridized carbons (Fsp3) is 0.316. The van der Waals surface area contributed by atoms with Crippen molar-refractivity contribution in [1.29, 1.82) is 0 Å². The summed E-state index contributed by atoms with van der Waals surface area (Å²) in [4.78, 5) is 23.9. The van der Waals surface area contributed by atoms with Crippen molar-refractivity contribution in [2.75, 3.05) is 29.0 Å². The van der Waals surface area contributed by atoms with Crippen LogP contribution in [-0.4, -0.2) is 35.0 Å². The quantitative estimate of drug-likeness (QED) is 0.642. The molecule has 0 unspecified atom stereocenters. The van der Waals surface area contributed by atoms with Crippen molar-refractivity contribution in [2.24, 2.45) is 5.73 Å². The third-order valence-corrected chi connectivity index (χ3v) is 5.75. The van der Waals surface area contributed by atoms with Crippen LogP contribution in [0.3, 0.4) is 0 Å². The minimum atomic E-state index is -0.271. The number of carbonyl (C=O) groups excluding carboxylic acids is 1. The Hall–Kier alpha value is -2.71. The number of hydrogen-bond acceptors (Lipinski definition) is 7. The Morgan fingerprint density at radius 1 is 1.37 bits per heavy atom. The van der Waals surface area contributed by atoms with Crippen LogP contribution in [0.2, 0.25) is 0 Å². The molecule has 1 amide bonds. The molecule has 0 spiro atoms. The number of pyridine rings is 2. The number of nitrogens with one attached hydrogen (secondary N) is 1. The van der Waals surface area contributed by atoms with E-state index < -0.39 is 0 Å². The maximum Gasteiger partial charge on any atom is 0.260 e. The van der Waals surface area contributed by atoms with E-state index in [0.29, 0.717) is 21.8 Å². The molecule has 1 fully saturated rings. The van der Waals surface area contributed by atoms with Crippen molar-refractivity contribution >= 4 is 43.8 Å². The molecule has 27 heavy (non-hydrogen) atoms. The van der Waals surface area contributed by atoms with Gasteiger partial charge in [-0.25, -0.2) is 0 Å². The molecule has 1 atom stereocenters. The van der Waals surface area contributed by atoms with Crippen LogP contribution in [0.1, 0.15) is 28.9 Å². The number of nitrogen functional groups attached to an aromatic ring is 1. The number of nitrogens with zero attached hydrogens (tertiary/aromatic N) is 3. The van der Waals surface area contributed by atoms with Crippen LogP contribution in [-0.2, 0) is 0 Å². The lowest BCUT2D eigenvalue weighted by Gasteiger charge is -2.33. The molecule has 0 radical (unpaired) electrons. The lowest BCUT2D eigenvalue weighted by molar-refractivity contribution is 0.102. The Morgan fingerprint density at radius 2 is 2.22 bits per heavy atom. The van der Waals surface area contributed by atoms with Gasteiger partial charge < -0.3 is 21.7 Å². The SMILES string of the molecule is Cc1ccc2sc(N)c(C(=O)Nc3cnccc3N3CCC[C@@H](N)C3)c2n1. The molecular formula is C19H22N6OS. The number of amides is 1. The van der Waals surface area contributed by atoms with Crippen LogP contribution in [0.25, 0.3) is 10.2 Å². The first-order valence-electron chi connectivity index (χ1n) is 8.94. The summed E-state index contributed by atoms with van der Waals surface area (Å²) in [5.74, 6) is -0.271. The number of aromatic nitrogens is 2. The summed E-state index contributed by atoms with van der Waals surface area (Å²) in [6.07, 6.45) is 5.44. The number of carbonyl (C=O) groups is 1. The predicted molar refractivity (Wildman–Crippen MR) is 110 cm³/mol. The number of rotatable bonds is 3. The van der Waals surface area contributed by atoms with Crippen molar-refractivity contribution in [3.63, 3.8) is 0 Å². The van der Waals surface area contributed by atoms with E-state index in [-0.39, 0.29) is 11.9 Å². The van der Waals surface area contributed by atoms with E-state index in [0.717, 1.165) is 42.0 Å². The van der Waals surface area contributed by atoms with E-state index in [9.17, 15) is 4.79 Å². The molecule has 0 saturated carbocycles. The topological polar surface area (TPSA) is 110 Å². The largest absolute Gasteiger partial charge is 0.390 e. The normalized spacial score (nSPS) is 17.3. The molecule has 4 heterocycles. The summed E-state index contributed by atoms with van der Waals surface area (Å²) < 4.78 is 0.900. The molecule has 5 N–H and O–H groups in total. The lowest BCUT2D eigenvalue weighted by Crippen LogP contribution is -2.43. The third kappa shape index (κ3) is 3.45. The van der Waals surface area contributed by atoms with Crippen molar-refractivity contribution in [3.05, 3.63) is 41.9 Å². The van der Waals surface area contributed by atoms with E-state index in [1.807, 2.05) is 25.1 Å². The van der Waals surface area contributed by atoms with Crippen LogP contribution in [0.15, 0.2) is 30.6 Å². The summed E-state index contributed by atoms with van der Waals surface area (Å²) in [7, 11) is 0. The van der Waals surface area contributed by atoms with Crippen LogP contribution in [0.5, 0.6) is 0 Å². The van der Waals surface area contributed by atoms with Gasteiger partial charge in [0.2, 0.25) is 0 Å². The first-order chi connectivity index (χ1) is 13.0. The van der Waals surface area contributed by atoms with Gasteiger partial charge >= 0.3 is 0 Å². The molecule has 1 aliphatic heterocycles. The predicted octanol–water partition coefficient (Wildman–Crippen LogP) is 2.76. The van der Waals surface area contributed by atoms with Gasteiger partial charge in [-0.05, 0) is 38.0 Å². The molecule has 1 saturated heterocycles. The summed E-state index contributed by atoms with van der Waals surface area (Å²) in [5, 5.41) is 3.44. The number of aryl methyl sites for hydroxylation is 1. The summed E-state index contributed by atoms with van der Waals surface area (Å²) in [6.45, 7) is 3.57. The maximum absolute atomic E-state index is 13.0. The average Bonchev–Trinajstić information content (AvgIpc) is 2.97. The minimum absolute atomic E-state index is 0.138. The number of anilines is 3. The lowest BCUT2D eigenvalue weighted by atomic mass is 10.1. The standard InChI is InChI=1S/C19H22N6OS/c1-11-4-5-15-17(23-11)16(18(21)27-15)19(26)24-13-9-22-7-6-14(13)25-8-2-3-12(20)10-25/h4-7,9,12H,2-3,8,10,20-21H2,1H3,(H,24,26)/t12-/m1/s1. The number of fused-ring (bicyclic) bond motifs is 1. The summed E-state index contributed by atoms with van der Waals surface area (Å²) >= 11 is 1.37. The molecule has 3 aromatic heterocycles. The first-order valence-corrected chi connectivity index (χ1v) is 9.76. The van der Waals surface area contributed by atoms with Crippen LogP contribution in [0, 0.1) is 6.92 Å². The van der Waals surface area contributed by atoms with Gasteiger partial charge in [-0.3, -0.25) is 14.8 Å². The van der Waals surface area contributed by atoms with E-state index >= 15 is 0 Å². The molecule has 3 aromatic rings. The number of piperidine rings is 1. The van der Waals surface area contributed by atoms with Gasteiger partial charge in [0.1, 0.15) is 10.6 Å². The molecule has 8 heteroatoms. The fourth-order valence-electron chi connectivity index (χ4n) is 3.48. The van der Waals surface area contributed by atoms with E-state index in [1.165, 1.54) is 11.3 Å². The van der Waals surface area contributed by atoms with Crippen LogP contribution in [0.4, 0.5) is 16.4 Å². The summed E-state index contributed by atoms with van der Waals surface area (Å²) in [5.41, 5.74) is 15.7. The van der Waals surface area contributed by atoms with Crippen molar-refractivity contribution in [3.8, 4) is 0 Å². The Bertz CT molecular complexity index is 1000. The molecule has 1 aliphatic rings. The number of nitrogens with two attached hydrogens (primary N) is 2. The fourth-order valence-corrected chi connectivity index (χ4v) is 4.39. The van der Waals surface area contributed by atoms with Gasteiger partial charge in [0.25, 0.3) is 5.91 Å². The molecular weight excluding hydrogens is 360 g/mol. The number of thiophene rings is 1. The highest BCUT2D eigenvalue weighted by atomic mass is 32.1. The highest BCUT2D eigenvalue weighted by Gasteiger charge is 2.23. The Labute approximate surface area is 161 Å². The molecule has 0 bridgehead atoms. The van der Waals surface area contributed by atoms with Gasteiger partial charge in [0.15, 0.2) is 0 Å². The minimum Gasteiger partial charge on any atom is -0.390 e. The molecule has 4 rings (SSSR count). The van der Waals surface area contributed by atoms with Gasteiger partial charge in [-0.15, -0.1) is 11.3 Å². The van der Waals surface area contributed by atoms with Gasteiger partial charge in [-0.1, -0.05) is 0 Å². The second-order valence-corrected chi connectivity index (χ2v) is 7.92. The van der Waals surface area contributed by atoms with Gasteiger partial charge in [0.05, 0.1) is 27.8 Å². The first kappa shape index (κ1) is 17.7. The van der Waals surface area contributed by atoms with E-state index in [4.69, 9.17) is 11.5 Å². The van der Waals surface area contributed by atoms with Crippen LogP contribution >= 0.6 is 11.3 Å². The third-order valence-electron chi connectivity index (χ3n) is 4.77. The zero-order valence-electron chi connectivity index (χ0n) is 15.1. The molecule has 140 valence electrons. The summed E-state index contributed by atoms with van der Waals surface area (Å²) in [6, 6.07) is 5.91. The Balaban J connectivity index is 1.66. The number of hydrogen-bond donors (Lipinski definition) is 3. The van der Waals surface area contributed by atoms with Crippen molar-refractivity contribution in [2.45, 2.75) is 25.8 Å². The van der Waals surface area contributed by atoms with Crippen molar-refractivity contribution < 1.29 is 4.79 Å². The zero-order chi connectivity index (χ0) is 19.0. The second kappa shape index (κ2) is 7.13.